The smallest absolute Gasteiger partial charge is 0.309 e. The largest absolute Gasteiger partial charge is 0.348 e. The SMILES string of the molecule is C/C=C(/C)CCCNC(=O)C(=O)NCCCC(C)=O. The molecule has 0 atom stereocenters. The fourth-order valence-corrected chi connectivity index (χ4v) is 1.41. The van der Waals surface area contributed by atoms with Crippen LogP contribution in [0.3, 0.4) is 0 Å². The number of carbonyl (C=O) groups is 3. The Hall–Kier alpha value is -1.65. The lowest BCUT2D eigenvalue weighted by atomic mass is 10.1. The molecule has 0 fully saturated rings. The molecule has 0 saturated carbocycles. The summed E-state index contributed by atoms with van der Waals surface area (Å²) in [6, 6.07) is 0. The van der Waals surface area contributed by atoms with Crippen LogP contribution < -0.4 is 10.6 Å². The first-order valence-electron chi connectivity index (χ1n) is 6.64. The van der Waals surface area contributed by atoms with Crippen LogP contribution in [0.5, 0.6) is 0 Å². The van der Waals surface area contributed by atoms with Crippen LogP contribution in [0.15, 0.2) is 11.6 Å². The molecule has 0 unspecified atom stereocenters. The zero-order valence-electron chi connectivity index (χ0n) is 12.0. The maximum atomic E-state index is 11.4. The standard InChI is InChI=1S/C14H24N2O3/c1-4-11(2)7-5-9-15-13(18)14(19)16-10-6-8-12(3)17/h4H,5-10H2,1-3H3,(H,15,18)(H,16,19)/b11-4-. The van der Waals surface area contributed by atoms with E-state index in [1.54, 1.807) is 0 Å². The predicted molar refractivity (Wildman–Crippen MR) is 74.6 cm³/mol. The van der Waals surface area contributed by atoms with Crippen LogP contribution in [0.2, 0.25) is 0 Å². The maximum Gasteiger partial charge on any atom is 0.309 e. The second kappa shape index (κ2) is 10.3. The highest BCUT2D eigenvalue weighted by Crippen LogP contribution is 2.01. The first kappa shape index (κ1) is 17.4. The van der Waals surface area contributed by atoms with Crippen molar-refractivity contribution in [3.8, 4) is 0 Å². The molecule has 2 amide bonds. The van der Waals surface area contributed by atoms with E-state index in [1.807, 2.05) is 19.9 Å². The minimum atomic E-state index is -0.633. The molecule has 0 saturated heterocycles. The number of rotatable bonds is 8. The van der Waals surface area contributed by atoms with Crippen LogP contribution in [0.4, 0.5) is 0 Å². The van der Waals surface area contributed by atoms with Crippen molar-refractivity contribution in [3.05, 3.63) is 11.6 Å². The number of ketones is 1. The van der Waals surface area contributed by atoms with Crippen LogP contribution in [0.25, 0.3) is 0 Å². The number of hydrogen-bond acceptors (Lipinski definition) is 3. The summed E-state index contributed by atoms with van der Waals surface area (Å²) < 4.78 is 0. The molecule has 0 aromatic carbocycles. The van der Waals surface area contributed by atoms with Crippen LogP contribution in [0, 0.1) is 0 Å². The van der Waals surface area contributed by atoms with Gasteiger partial charge in [-0.15, -0.1) is 0 Å². The molecule has 0 aliphatic rings. The summed E-state index contributed by atoms with van der Waals surface area (Å²) in [5.74, 6) is -1.16. The quantitative estimate of drug-likeness (QED) is 0.396. The van der Waals surface area contributed by atoms with Gasteiger partial charge < -0.3 is 15.4 Å². The monoisotopic (exact) mass is 268 g/mol. The van der Waals surface area contributed by atoms with E-state index in [2.05, 4.69) is 10.6 Å². The van der Waals surface area contributed by atoms with E-state index in [-0.39, 0.29) is 5.78 Å². The highest BCUT2D eigenvalue weighted by atomic mass is 16.2. The molecule has 0 bridgehead atoms. The minimum absolute atomic E-state index is 0.0815. The third kappa shape index (κ3) is 10.00. The predicted octanol–water partition coefficient (Wildman–Crippen LogP) is 1.33. The zero-order valence-corrected chi connectivity index (χ0v) is 12.0. The van der Waals surface area contributed by atoms with E-state index in [0.29, 0.717) is 25.9 Å². The van der Waals surface area contributed by atoms with Gasteiger partial charge >= 0.3 is 11.8 Å². The van der Waals surface area contributed by atoms with Crippen molar-refractivity contribution < 1.29 is 14.4 Å². The van der Waals surface area contributed by atoms with Crippen molar-refractivity contribution >= 4 is 17.6 Å². The van der Waals surface area contributed by atoms with Crippen molar-refractivity contribution in [1.29, 1.82) is 0 Å². The van der Waals surface area contributed by atoms with Gasteiger partial charge in [-0.25, -0.2) is 0 Å². The van der Waals surface area contributed by atoms with Gasteiger partial charge in [0.25, 0.3) is 0 Å². The Morgan fingerprint density at radius 1 is 0.895 bits per heavy atom. The van der Waals surface area contributed by atoms with Gasteiger partial charge in [0.05, 0.1) is 0 Å². The van der Waals surface area contributed by atoms with Gasteiger partial charge in [-0.1, -0.05) is 11.6 Å². The third-order valence-electron chi connectivity index (χ3n) is 2.72. The second-order valence-corrected chi connectivity index (χ2v) is 4.56. The van der Waals surface area contributed by atoms with Gasteiger partial charge in [-0.2, -0.15) is 0 Å². The molecule has 0 aromatic heterocycles. The van der Waals surface area contributed by atoms with E-state index in [4.69, 9.17) is 0 Å². The van der Waals surface area contributed by atoms with E-state index in [0.717, 1.165) is 12.8 Å². The van der Waals surface area contributed by atoms with Gasteiger partial charge in [0.15, 0.2) is 0 Å². The number of Topliss-reactive ketones (excluding diaryl/α,β-unsaturated/α-hetero) is 1. The van der Waals surface area contributed by atoms with E-state index in [9.17, 15) is 14.4 Å². The van der Waals surface area contributed by atoms with Crippen LogP contribution >= 0.6 is 0 Å². The minimum Gasteiger partial charge on any atom is -0.348 e. The van der Waals surface area contributed by atoms with Crippen LogP contribution in [-0.2, 0) is 14.4 Å². The lowest BCUT2D eigenvalue weighted by Gasteiger charge is -2.06. The Labute approximate surface area is 114 Å². The van der Waals surface area contributed by atoms with Crippen LogP contribution in [-0.4, -0.2) is 30.7 Å². The fraction of sp³-hybridized carbons (Fsp3) is 0.643. The molecule has 0 rings (SSSR count). The molecule has 19 heavy (non-hydrogen) atoms. The van der Waals surface area contributed by atoms with Crippen LogP contribution in [0.1, 0.15) is 46.5 Å². The highest BCUT2D eigenvalue weighted by molar-refractivity contribution is 6.35. The van der Waals surface area contributed by atoms with Crippen molar-refractivity contribution in [1.82, 2.24) is 10.6 Å². The average molecular weight is 268 g/mol. The highest BCUT2D eigenvalue weighted by Gasteiger charge is 2.11. The maximum absolute atomic E-state index is 11.4. The summed E-state index contributed by atoms with van der Waals surface area (Å²) in [5.41, 5.74) is 1.27. The molecule has 2 N–H and O–H groups in total. The summed E-state index contributed by atoms with van der Waals surface area (Å²) in [5, 5.41) is 5.05. The molecule has 5 heteroatoms. The van der Waals surface area contributed by atoms with Gasteiger partial charge in [0.1, 0.15) is 5.78 Å². The van der Waals surface area contributed by atoms with Gasteiger partial charge in [-0.3, -0.25) is 9.59 Å². The Morgan fingerprint density at radius 3 is 1.79 bits per heavy atom. The van der Waals surface area contributed by atoms with Crippen molar-refractivity contribution in [3.63, 3.8) is 0 Å². The molecule has 0 aromatic rings. The van der Waals surface area contributed by atoms with E-state index >= 15 is 0 Å². The summed E-state index contributed by atoms with van der Waals surface area (Å²) >= 11 is 0. The normalized spacial score (nSPS) is 11.0. The van der Waals surface area contributed by atoms with Crippen molar-refractivity contribution in [2.24, 2.45) is 0 Å². The number of carbonyl (C=O) groups excluding carboxylic acids is 3. The third-order valence-corrected chi connectivity index (χ3v) is 2.72. The summed E-state index contributed by atoms with van der Waals surface area (Å²) in [6.45, 7) is 6.35. The summed E-state index contributed by atoms with van der Waals surface area (Å²) in [4.78, 5) is 33.4. The summed E-state index contributed by atoms with van der Waals surface area (Å²) in [7, 11) is 0. The molecule has 0 aliphatic heterocycles. The lowest BCUT2D eigenvalue weighted by Crippen LogP contribution is -2.40. The molecule has 5 nitrogen and oxygen atoms in total. The Bertz CT molecular complexity index is 349. The number of amides is 2. The van der Waals surface area contributed by atoms with E-state index < -0.39 is 11.8 Å². The van der Waals surface area contributed by atoms with Gasteiger partial charge in [0.2, 0.25) is 0 Å². The Morgan fingerprint density at radius 2 is 1.37 bits per heavy atom. The van der Waals surface area contributed by atoms with Crippen molar-refractivity contribution in [2.75, 3.05) is 13.1 Å². The fourth-order valence-electron chi connectivity index (χ4n) is 1.41. The zero-order chi connectivity index (χ0) is 14.7. The lowest BCUT2D eigenvalue weighted by molar-refractivity contribution is -0.139. The van der Waals surface area contributed by atoms with Gasteiger partial charge in [0, 0.05) is 19.5 Å². The van der Waals surface area contributed by atoms with Gasteiger partial charge in [-0.05, 0) is 40.0 Å². The summed E-state index contributed by atoms with van der Waals surface area (Å²) in [6.07, 6.45) is 4.75. The Balaban J connectivity index is 3.65. The first-order valence-corrected chi connectivity index (χ1v) is 6.64. The molecule has 0 heterocycles. The molecule has 0 aliphatic carbocycles. The average Bonchev–Trinajstić information content (AvgIpc) is 2.38. The number of nitrogens with one attached hydrogen (secondary N) is 2. The van der Waals surface area contributed by atoms with Crippen molar-refractivity contribution in [2.45, 2.75) is 46.5 Å². The van der Waals surface area contributed by atoms with E-state index in [1.165, 1.54) is 12.5 Å². The topological polar surface area (TPSA) is 75.3 Å². The molecule has 0 spiro atoms. The number of allylic oxidation sites excluding steroid dienone is 2. The molecular weight excluding hydrogens is 244 g/mol. The molecular formula is C14H24N2O3. The number of hydrogen-bond donors (Lipinski definition) is 2. The first-order chi connectivity index (χ1) is 8.97. The molecule has 108 valence electrons. The molecule has 0 radical (unpaired) electrons. The second-order valence-electron chi connectivity index (χ2n) is 4.56. The Kier molecular flexibility index (Phi) is 9.40.